The zero-order chi connectivity index (χ0) is 15.4. The van der Waals surface area contributed by atoms with Crippen LogP contribution in [0.2, 0.25) is 5.02 Å². The first-order chi connectivity index (χ1) is 10.1. The Morgan fingerprint density at radius 3 is 2.81 bits per heavy atom. The number of ether oxygens (including phenoxy) is 2. The molecule has 0 unspecified atom stereocenters. The van der Waals surface area contributed by atoms with Crippen molar-refractivity contribution in [2.75, 3.05) is 14.2 Å². The van der Waals surface area contributed by atoms with Crippen molar-refractivity contribution in [2.45, 2.75) is 13.2 Å². The van der Waals surface area contributed by atoms with Gasteiger partial charge in [-0.2, -0.15) is 0 Å². The molecule has 8 heteroatoms. The predicted octanol–water partition coefficient (Wildman–Crippen LogP) is 2.05. The summed E-state index contributed by atoms with van der Waals surface area (Å²) in [7, 11) is 2.75. The van der Waals surface area contributed by atoms with E-state index < -0.39 is 11.8 Å². The molecule has 0 radical (unpaired) electrons. The van der Waals surface area contributed by atoms with Gasteiger partial charge in [0, 0.05) is 12.1 Å². The van der Waals surface area contributed by atoms with Crippen molar-refractivity contribution < 1.29 is 18.7 Å². The molecule has 2 aromatic rings. The van der Waals surface area contributed by atoms with Crippen LogP contribution in [0, 0.1) is 5.82 Å². The number of rotatable bonds is 5. The Morgan fingerprint density at radius 2 is 2.19 bits per heavy atom. The molecule has 2 rings (SSSR count). The van der Waals surface area contributed by atoms with Gasteiger partial charge >= 0.3 is 5.97 Å². The summed E-state index contributed by atoms with van der Waals surface area (Å²) in [5.41, 5.74) is 1.19. The third-order valence-electron chi connectivity index (χ3n) is 2.83. The number of aromatic nitrogens is 3. The highest BCUT2D eigenvalue weighted by Gasteiger charge is 2.20. The summed E-state index contributed by atoms with van der Waals surface area (Å²) in [5, 5.41) is 7.96. The Bertz CT molecular complexity index is 660. The minimum absolute atomic E-state index is 0.0811. The fraction of sp³-hybridized carbons (Fsp3) is 0.308. The molecule has 6 nitrogen and oxygen atoms in total. The minimum atomic E-state index is -0.599. The SMILES string of the molecule is COCc1c(C(=O)OC)nnn1Cc1ccc(F)cc1Cl. The Morgan fingerprint density at radius 1 is 1.43 bits per heavy atom. The second kappa shape index (κ2) is 6.64. The summed E-state index contributed by atoms with van der Waals surface area (Å²) in [5.74, 6) is -1.02. The van der Waals surface area contributed by atoms with Gasteiger partial charge in [-0.05, 0) is 17.7 Å². The second-order valence-corrected chi connectivity index (χ2v) is 4.61. The van der Waals surface area contributed by atoms with Gasteiger partial charge in [0.25, 0.3) is 0 Å². The van der Waals surface area contributed by atoms with Crippen molar-refractivity contribution in [3.8, 4) is 0 Å². The quantitative estimate of drug-likeness (QED) is 0.790. The number of hydrogen-bond donors (Lipinski definition) is 0. The fourth-order valence-corrected chi connectivity index (χ4v) is 2.03. The van der Waals surface area contributed by atoms with Gasteiger partial charge in [0.1, 0.15) is 5.82 Å². The summed E-state index contributed by atoms with van der Waals surface area (Å²) in [6.07, 6.45) is 0. The van der Waals surface area contributed by atoms with E-state index in [1.165, 1.54) is 31.0 Å². The van der Waals surface area contributed by atoms with Crippen LogP contribution in [0.3, 0.4) is 0 Å². The van der Waals surface area contributed by atoms with E-state index in [2.05, 4.69) is 15.0 Å². The Hall–Kier alpha value is -1.99. The average Bonchev–Trinajstić information content (AvgIpc) is 2.84. The maximum Gasteiger partial charge on any atom is 0.360 e. The molecule has 0 amide bonds. The lowest BCUT2D eigenvalue weighted by Gasteiger charge is -2.08. The molecular weight excluding hydrogens is 301 g/mol. The largest absolute Gasteiger partial charge is 0.464 e. The van der Waals surface area contributed by atoms with Gasteiger partial charge in [-0.25, -0.2) is 13.9 Å². The molecule has 0 atom stereocenters. The number of halogens is 2. The number of carbonyl (C=O) groups is 1. The molecule has 1 aromatic heterocycles. The van der Waals surface area contributed by atoms with Crippen LogP contribution >= 0.6 is 11.6 Å². The van der Waals surface area contributed by atoms with Gasteiger partial charge in [-0.15, -0.1) is 5.10 Å². The highest BCUT2D eigenvalue weighted by molar-refractivity contribution is 6.31. The summed E-state index contributed by atoms with van der Waals surface area (Å²) >= 11 is 5.98. The van der Waals surface area contributed by atoms with Gasteiger partial charge in [0.2, 0.25) is 0 Å². The summed E-state index contributed by atoms with van der Waals surface area (Å²) in [6.45, 7) is 0.373. The topological polar surface area (TPSA) is 66.2 Å². The molecule has 1 aromatic carbocycles. The molecule has 0 saturated heterocycles. The molecule has 1 heterocycles. The number of benzene rings is 1. The molecule has 0 N–H and O–H groups in total. The Balaban J connectivity index is 2.35. The third kappa shape index (κ3) is 3.37. The van der Waals surface area contributed by atoms with E-state index in [1.54, 1.807) is 6.07 Å². The van der Waals surface area contributed by atoms with Crippen molar-refractivity contribution in [3.05, 3.63) is 46.0 Å². The molecule has 0 aliphatic carbocycles. The van der Waals surface area contributed by atoms with E-state index in [1.807, 2.05) is 0 Å². The van der Waals surface area contributed by atoms with E-state index in [0.717, 1.165) is 0 Å². The molecule has 0 fully saturated rings. The lowest BCUT2D eigenvalue weighted by Crippen LogP contribution is -2.11. The molecule has 0 spiro atoms. The Kier molecular flexibility index (Phi) is 4.87. The van der Waals surface area contributed by atoms with Crippen molar-refractivity contribution in [1.82, 2.24) is 15.0 Å². The van der Waals surface area contributed by atoms with Crippen molar-refractivity contribution in [2.24, 2.45) is 0 Å². The molecule has 0 bridgehead atoms. The van der Waals surface area contributed by atoms with Gasteiger partial charge in [-0.3, -0.25) is 0 Å². The van der Waals surface area contributed by atoms with E-state index in [9.17, 15) is 9.18 Å². The minimum Gasteiger partial charge on any atom is -0.464 e. The summed E-state index contributed by atoms with van der Waals surface area (Å²) in [4.78, 5) is 11.6. The number of esters is 1. The lowest BCUT2D eigenvalue weighted by atomic mass is 10.2. The standard InChI is InChI=1S/C13H13ClFN3O3/c1-20-7-11-12(13(19)21-2)16-17-18(11)6-8-3-4-9(15)5-10(8)14/h3-5H,6-7H2,1-2H3. The van der Waals surface area contributed by atoms with Gasteiger partial charge in [-0.1, -0.05) is 22.9 Å². The van der Waals surface area contributed by atoms with Gasteiger partial charge in [0.15, 0.2) is 5.69 Å². The fourth-order valence-electron chi connectivity index (χ4n) is 1.81. The first kappa shape index (κ1) is 15.4. The smallest absolute Gasteiger partial charge is 0.360 e. The van der Waals surface area contributed by atoms with Crippen molar-refractivity contribution >= 4 is 17.6 Å². The van der Waals surface area contributed by atoms with Crippen LogP contribution in [-0.4, -0.2) is 35.2 Å². The maximum absolute atomic E-state index is 13.0. The summed E-state index contributed by atoms with van der Waals surface area (Å²) in [6, 6.07) is 4.06. The first-order valence-electron chi connectivity index (χ1n) is 6.00. The van der Waals surface area contributed by atoms with Crippen LogP contribution in [0.25, 0.3) is 0 Å². The van der Waals surface area contributed by atoms with Gasteiger partial charge < -0.3 is 9.47 Å². The highest BCUT2D eigenvalue weighted by atomic mass is 35.5. The zero-order valence-corrected chi connectivity index (χ0v) is 12.2. The van der Waals surface area contributed by atoms with Crippen LogP contribution in [0.1, 0.15) is 21.7 Å². The molecule has 21 heavy (non-hydrogen) atoms. The van der Waals surface area contributed by atoms with E-state index in [0.29, 0.717) is 11.3 Å². The van der Waals surface area contributed by atoms with E-state index >= 15 is 0 Å². The summed E-state index contributed by atoms with van der Waals surface area (Å²) < 4.78 is 24.2. The highest BCUT2D eigenvalue weighted by Crippen LogP contribution is 2.19. The first-order valence-corrected chi connectivity index (χ1v) is 6.38. The maximum atomic E-state index is 13.0. The van der Waals surface area contributed by atoms with Crippen LogP contribution in [0.15, 0.2) is 18.2 Å². The van der Waals surface area contributed by atoms with Crippen LogP contribution in [0.5, 0.6) is 0 Å². The average molecular weight is 314 g/mol. The van der Waals surface area contributed by atoms with E-state index in [-0.39, 0.29) is 23.9 Å². The normalized spacial score (nSPS) is 10.7. The number of hydrogen-bond acceptors (Lipinski definition) is 5. The van der Waals surface area contributed by atoms with Gasteiger partial charge in [0.05, 0.1) is 26.0 Å². The third-order valence-corrected chi connectivity index (χ3v) is 3.18. The molecule has 0 aliphatic heterocycles. The predicted molar refractivity (Wildman–Crippen MR) is 72.6 cm³/mol. The number of methoxy groups -OCH3 is 2. The van der Waals surface area contributed by atoms with Crippen LogP contribution in [0.4, 0.5) is 4.39 Å². The van der Waals surface area contributed by atoms with Crippen molar-refractivity contribution in [3.63, 3.8) is 0 Å². The molecule has 0 saturated carbocycles. The zero-order valence-electron chi connectivity index (χ0n) is 11.5. The van der Waals surface area contributed by atoms with Crippen molar-refractivity contribution in [1.29, 1.82) is 0 Å². The Labute approximate surface area is 125 Å². The van der Waals surface area contributed by atoms with E-state index in [4.69, 9.17) is 16.3 Å². The van der Waals surface area contributed by atoms with Crippen LogP contribution in [-0.2, 0) is 22.6 Å². The second-order valence-electron chi connectivity index (χ2n) is 4.20. The molecule has 112 valence electrons. The number of carbonyl (C=O) groups excluding carboxylic acids is 1. The number of nitrogens with zero attached hydrogens (tertiary/aromatic N) is 3. The molecule has 0 aliphatic rings. The molecular formula is C13H13ClFN3O3. The van der Waals surface area contributed by atoms with Crippen LogP contribution < -0.4 is 0 Å². The lowest BCUT2D eigenvalue weighted by molar-refractivity contribution is 0.0588. The monoisotopic (exact) mass is 313 g/mol.